The van der Waals surface area contributed by atoms with Crippen molar-refractivity contribution in [2.45, 2.75) is 13.3 Å². The summed E-state index contributed by atoms with van der Waals surface area (Å²) in [5.74, 6) is -0.109. The van der Waals surface area contributed by atoms with Crippen LogP contribution in [0.4, 0.5) is 0 Å². The number of benzene rings is 2. The summed E-state index contributed by atoms with van der Waals surface area (Å²) >= 11 is 1.61. The molecule has 0 aliphatic heterocycles. The topological polar surface area (TPSA) is 41.5 Å². The number of rotatable bonds is 4. The summed E-state index contributed by atoms with van der Waals surface area (Å²) in [6.45, 7) is 2.02. The number of hydrogen-bond donors (Lipinski definition) is 1. The molecule has 0 aliphatic rings. The van der Waals surface area contributed by atoms with Gasteiger partial charge in [-0.15, -0.1) is 11.3 Å². The SMILES string of the molecule is Cc1ccsc1/C=N\NC(=O)Cc1cccc2ccccc12. The maximum atomic E-state index is 12.0. The fraction of sp³-hybridized carbons (Fsp3) is 0.111. The summed E-state index contributed by atoms with van der Waals surface area (Å²) < 4.78 is 0. The summed E-state index contributed by atoms with van der Waals surface area (Å²) in [5.41, 5.74) is 4.77. The van der Waals surface area contributed by atoms with E-state index in [9.17, 15) is 4.79 Å². The predicted molar refractivity (Wildman–Crippen MR) is 92.4 cm³/mol. The van der Waals surface area contributed by atoms with Crippen LogP contribution in [0.1, 0.15) is 16.0 Å². The van der Waals surface area contributed by atoms with Crippen LogP contribution in [0.5, 0.6) is 0 Å². The smallest absolute Gasteiger partial charge is 0.244 e. The van der Waals surface area contributed by atoms with Gasteiger partial charge in [0.1, 0.15) is 0 Å². The molecule has 110 valence electrons. The Morgan fingerprint density at radius 1 is 1.18 bits per heavy atom. The molecule has 0 fully saturated rings. The highest BCUT2D eigenvalue weighted by atomic mass is 32.1. The maximum Gasteiger partial charge on any atom is 0.244 e. The third kappa shape index (κ3) is 3.23. The standard InChI is InChI=1S/C18H16N2OS/c1-13-9-10-22-17(13)12-19-20-18(21)11-15-7-4-6-14-5-2-3-8-16(14)15/h2-10,12H,11H2,1H3,(H,20,21)/b19-12-. The first-order chi connectivity index (χ1) is 10.7. The largest absolute Gasteiger partial charge is 0.273 e. The molecule has 1 aromatic heterocycles. The lowest BCUT2D eigenvalue weighted by Gasteiger charge is -2.05. The van der Waals surface area contributed by atoms with Crippen LogP contribution in [0, 0.1) is 6.92 Å². The highest BCUT2D eigenvalue weighted by Crippen LogP contribution is 2.18. The normalized spacial score (nSPS) is 11.1. The fourth-order valence-corrected chi connectivity index (χ4v) is 3.13. The van der Waals surface area contributed by atoms with Crippen molar-refractivity contribution in [1.82, 2.24) is 5.43 Å². The van der Waals surface area contributed by atoms with Crippen LogP contribution in [0.25, 0.3) is 10.8 Å². The first-order valence-electron chi connectivity index (χ1n) is 7.06. The van der Waals surface area contributed by atoms with Crippen molar-refractivity contribution in [1.29, 1.82) is 0 Å². The molecule has 0 bridgehead atoms. The molecule has 4 heteroatoms. The Labute approximate surface area is 133 Å². The molecule has 0 saturated heterocycles. The molecule has 3 aromatic rings. The lowest BCUT2D eigenvalue weighted by Crippen LogP contribution is -2.19. The highest BCUT2D eigenvalue weighted by Gasteiger charge is 2.06. The lowest BCUT2D eigenvalue weighted by atomic mass is 10.0. The zero-order valence-corrected chi connectivity index (χ0v) is 13.1. The molecule has 0 spiro atoms. The van der Waals surface area contributed by atoms with E-state index in [2.05, 4.69) is 22.7 Å². The van der Waals surface area contributed by atoms with E-state index in [1.807, 2.05) is 48.7 Å². The number of hydrogen-bond acceptors (Lipinski definition) is 3. The minimum absolute atomic E-state index is 0.109. The quantitative estimate of drug-likeness (QED) is 0.576. The van der Waals surface area contributed by atoms with E-state index < -0.39 is 0 Å². The Balaban J connectivity index is 1.69. The van der Waals surface area contributed by atoms with Crippen molar-refractivity contribution in [3.63, 3.8) is 0 Å². The van der Waals surface area contributed by atoms with Crippen molar-refractivity contribution < 1.29 is 4.79 Å². The van der Waals surface area contributed by atoms with Gasteiger partial charge in [-0.2, -0.15) is 5.10 Å². The van der Waals surface area contributed by atoms with Gasteiger partial charge in [-0.3, -0.25) is 4.79 Å². The third-order valence-corrected chi connectivity index (χ3v) is 4.46. The molecule has 0 radical (unpaired) electrons. The first kappa shape index (κ1) is 14.5. The van der Waals surface area contributed by atoms with Crippen LogP contribution in [0.3, 0.4) is 0 Å². The van der Waals surface area contributed by atoms with Crippen LogP contribution in [0.15, 0.2) is 59.0 Å². The van der Waals surface area contributed by atoms with E-state index in [0.29, 0.717) is 6.42 Å². The Hall–Kier alpha value is -2.46. The van der Waals surface area contributed by atoms with E-state index in [-0.39, 0.29) is 5.91 Å². The van der Waals surface area contributed by atoms with Crippen LogP contribution in [-0.4, -0.2) is 12.1 Å². The Morgan fingerprint density at radius 3 is 2.82 bits per heavy atom. The first-order valence-corrected chi connectivity index (χ1v) is 7.94. The van der Waals surface area contributed by atoms with Crippen molar-refractivity contribution in [3.05, 3.63) is 69.9 Å². The average Bonchev–Trinajstić information content (AvgIpc) is 2.93. The van der Waals surface area contributed by atoms with Gasteiger partial charge in [0.2, 0.25) is 5.91 Å². The third-order valence-electron chi connectivity index (χ3n) is 3.50. The van der Waals surface area contributed by atoms with Crippen molar-refractivity contribution >= 4 is 34.2 Å². The molecular weight excluding hydrogens is 292 g/mol. The minimum Gasteiger partial charge on any atom is -0.273 e. The number of nitrogens with zero attached hydrogens (tertiary/aromatic N) is 1. The van der Waals surface area contributed by atoms with Gasteiger partial charge in [-0.05, 0) is 40.3 Å². The number of carbonyl (C=O) groups excluding carboxylic acids is 1. The molecule has 0 unspecified atom stereocenters. The average molecular weight is 308 g/mol. The molecule has 0 atom stereocenters. The summed E-state index contributed by atoms with van der Waals surface area (Å²) in [6.07, 6.45) is 2.02. The van der Waals surface area contributed by atoms with Crippen LogP contribution >= 0.6 is 11.3 Å². The van der Waals surface area contributed by atoms with E-state index >= 15 is 0 Å². The van der Waals surface area contributed by atoms with Gasteiger partial charge >= 0.3 is 0 Å². The second kappa shape index (κ2) is 6.54. The second-order valence-corrected chi connectivity index (χ2v) is 6.02. The van der Waals surface area contributed by atoms with E-state index in [1.165, 1.54) is 0 Å². The van der Waals surface area contributed by atoms with Crippen molar-refractivity contribution in [2.75, 3.05) is 0 Å². The lowest BCUT2D eigenvalue weighted by molar-refractivity contribution is -0.120. The summed E-state index contributed by atoms with van der Waals surface area (Å²) in [7, 11) is 0. The summed E-state index contributed by atoms with van der Waals surface area (Å²) in [4.78, 5) is 13.1. The van der Waals surface area contributed by atoms with E-state index in [4.69, 9.17) is 0 Å². The molecule has 3 rings (SSSR count). The Bertz CT molecular complexity index is 830. The summed E-state index contributed by atoms with van der Waals surface area (Å²) in [5, 5.41) is 8.30. The van der Waals surface area contributed by atoms with E-state index in [1.54, 1.807) is 17.6 Å². The van der Waals surface area contributed by atoms with Crippen LogP contribution < -0.4 is 5.43 Å². The van der Waals surface area contributed by atoms with Gasteiger partial charge in [0.25, 0.3) is 0 Å². The molecule has 0 aliphatic carbocycles. The van der Waals surface area contributed by atoms with Crippen LogP contribution in [0.2, 0.25) is 0 Å². The molecule has 1 amide bonds. The van der Waals surface area contributed by atoms with Gasteiger partial charge in [-0.25, -0.2) is 5.43 Å². The number of aryl methyl sites for hydroxylation is 1. The van der Waals surface area contributed by atoms with Gasteiger partial charge in [0.15, 0.2) is 0 Å². The van der Waals surface area contributed by atoms with Crippen molar-refractivity contribution in [2.24, 2.45) is 5.10 Å². The Morgan fingerprint density at radius 2 is 2.00 bits per heavy atom. The number of nitrogens with one attached hydrogen (secondary N) is 1. The zero-order valence-electron chi connectivity index (χ0n) is 12.2. The molecule has 1 N–H and O–H groups in total. The van der Waals surface area contributed by atoms with Gasteiger partial charge in [-0.1, -0.05) is 42.5 Å². The summed E-state index contributed by atoms with van der Waals surface area (Å²) in [6, 6.07) is 16.1. The number of fused-ring (bicyclic) bond motifs is 1. The molecule has 3 nitrogen and oxygen atoms in total. The van der Waals surface area contributed by atoms with Gasteiger partial charge in [0, 0.05) is 4.88 Å². The molecular formula is C18H16N2OS. The Kier molecular flexibility index (Phi) is 4.30. The minimum atomic E-state index is -0.109. The highest BCUT2D eigenvalue weighted by molar-refractivity contribution is 7.11. The maximum absolute atomic E-state index is 12.0. The molecule has 1 heterocycles. The molecule has 22 heavy (non-hydrogen) atoms. The van der Waals surface area contributed by atoms with Crippen LogP contribution in [-0.2, 0) is 11.2 Å². The number of hydrazone groups is 1. The van der Waals surface area contributed by atoms with Gasteiger partial charge in [0.05, 0.1) is 12.6 Å². The predicted octanol–water partition coefficient (Wildman–Crippen LogP) is 3.90. The van der Waals surface area contributed by atoms with Gasteiger partial charge < -0.3 is 0 Å². The number of amides is 1. The zero-order chi connectivity index (χ0) is 15.4. The molecule has 0 saturated carbocycles. The number of thiophene rings is 1. The monoisotopic (exact) mass is 308 g/mol. The number of carbonyl (C=O) groups is 1. The molecule has 2 aromatic carbocycles. The fourth-order valence-electron chi connectivity index (χ4n) is 2.34. The second-order valence-electron chi connectivity index (χ2n) is 5.08. The van der Waals surface area contributed by atoms with Crippen molar-refractivity contribution in [3.8, 4) is 0 Å². The van der Waals surface area contributed by atoms with E-state index in [0.717, 1.165) is 26.8 Å².